The molecule has 1 spiro atoms. The molecule has 2 fully saturated rings. The number of pyridine rings is 1. The van der Waals surface area contributed by atoms with Crippen LogP contribution in [0, 0.1) is 0 Å². The van der Waals surface area contributed by atoms with Crippen LogP contribution < -0.4 is 19.9 Å². The van der Waals surface area contributed by atoms with Gasteiger partial charge in [-0.3, -0.25) is 4.79 Å². The monoisotopic (exact) mass is 490 g/mol. The summed E-state index contributed by atoms with van der Waals surface area (Å²) >= 11 is 0. The first kappa shape index (κ1) is 22.3. The Morgan fingerprint density at radius 3 is 2.77 bits per heavy atom. The van der Waals surface area contributed by atoms with E-state index in [-0.39, 0.29) is 18.1 Å². The van der Waals surface area contributed by atoms with Crippen molar-refractivity contribution in [1.29, 1.82) is 0 Å². The number of alkyl halides is 3. The van der Waals surface area contributed by atoms with Gasteiger partial charge >= 0.3 is 6.18 Å². The fourth-order valence-corrected chi connectivity index (χ4v) is 5.31. The zero-order valence-electron chi connectivity index (χ0n) is 19.1. The van der Waals surface area contributed by atoms with Gasteiger partial charge < -0.3 is 24.6 Å². The van der Waals surface area contributed by atoms with Crippen LogP contribution in [-0.4, -0.2) is 65.4 Å². The third kappa shape index (κ3) is 3.65. The highest BCUT2D eigenvalue weighted by molar-refractivity contribution is 6.09. The summed E-state index contributed by atoms with van der Waals surface area (Å²) in [6, 6.07) is 2.29. The first-order chi connectivity index (χ1) is 16.7. The number of hydrogen-bond acceptors (Lipinski definition) is 8. The van der Waals surface area contributed by atoms with E-state index in [2.05, 4.69) is 10.3 Å². The fraction of sp³-hybridized carbons (Fsp3) is 0.565. The fourth-order valence-electron chi connectivity index (χ4n) is 5.31. The van der Waals surface area contributed by atoms with Gasteiger partial charge in [0, 0.05) is 45.5 Å². The van der Waals surface area contributed by atoms with Crippen LogP contribution in [0.5, 0.6) is 5.75 Å². The van der Waals surface area contributed by atoms with Crippen molar-refractivity contribution in [3.05, 3.63) is 29.7 Å². The number of anilines is 3. The van der Waals surface area contributed by atoms with Crippen molar-refractivity contribution in [2.45, 2.75) is 56.0 Å². The second-order valence-electron chi connectivity index (χ2n) is 9.55. The Bertz CT molecular complexity index is 1150. The molecule has 6 rings (SSSR count). The maximum Gasteiger partial charge on any atom is 0.433 e. The molecule has 3 aliphatic heterocycles. The quantitative estimate of drug-likeness (QED) is 0.700. The third-order valence-electron chi connectivity index (χ3n) is 7.36. The molecule has 9 nitrogen and oxygen atoms in total. The summed E-state index contributed by atoms with van der Waals surface area (Å²) < 4.78 is 49.4. The van der Waals surface area contributed by atoms with Crippen molar-refractivity contribution in [3.8, 4) is 5.75 Å². The molecule has 186 valence electrons. The summed E-state index contributed by atoms with van der Waals surface area (Å²) in [6.07, 6.45) is 0.0724. The zero-order valence-corrected chi connectivity index (χ0v) is 19.1. The molecule has 0 aromatic carbocycles. The number of nitrogens with zero attached hydrogens (tertiary/aromatic N) is 5. The number of likely N-dealkylation sites (N-methyl/N-ethyl adjacent to an activating group) is 1. The molecule has 1 N–H and O–H groups in total. The van der Waals surface area contributed by atoms with Crippen LogP contribution in [0.25, 0.3) is 0 Å². The Balaban J connectivity index is 1.15. The molecule has 0 bridgehead atoms. The van der Waals surface area contributed by atoms with Gasteiger partial charge in [-0.2, -0.15) is 18.2 Å². The van der Waals surface area contributed by atoms with Gasteiger partial charge in [0.25, 0.3) is 5.91 Å². The highest BCUT2D eigenvalue weighted by Crippen LogP contribution is 2.45. The number of rotatable bonds is 4. The lowest BCUT2D eigenvalue weighted by Gasteiger charge is -2.48. The average molecular weight is 490 g/mol. The topological polar surface area (TPSA) is 92.7 Å². The molecule has 1 saturated carbocycles. The number of halogens is 3. The van der Waals surface area contributed by atoms with Crippen molar-refractivity contribution < 1.29 is 27.4 Å². The second-order valence-corrected chi connectivity index (χ2v) is 9.55. The van der Waals surface area contributed by atoms with Crippen LogP contribution in [0.1, 0.15) is 37.1 Å². The molecule has 0 radical (unpaired) electrons. The number of carbonyl (C=O) groups excluding carboxylic acids is 1. The van der Waals surface area contributed by atoms with Crippen molar-refractivity contribution >= 4 is 23.4 Å². The molecular formula is C23H25F3N6O3. The zero-order chi connectivity index (χ0) is 24.4. The van der Waals surface area contributed by atoms with Gasteiger partial charge in [0.05, 0.1) is 18.5 Å². The number of aryl methyl sites for hydroxylation is 1. The smallest absolute Gasteiger partial charge is 0.433 e. The normalized spacial score (nSPS) is 27.6. The lowest BCUT2D eigenvalue weighted by atomic mass is 9.89. The van der Waals surface area contributed by atoms with E-state index in [1.165, 1.54) is 6.07 Å². The summed E-state index contributed by atoms with van der Waals surface area (Å²) in [5.74, 6) is 1.62. The van der Waals surface area contributed by atoms with E-state index in [0.717, 1.165) is 42.3 Å². The van der Waals surface area contributed by atoms with Crippen LogP contribution in [0.4, 0.5) is 30.6 Å². The number of nitrogens with one attached hydrogen (secondary N) is 1. The molecule has 5 heterocycles. The SMILES string of the molecule is CN1c2nc(NC3CC(Oc4ccc(C(F)(F)F)nc4)C3)nc3c2N(CCC3)C(=O)C12CCOC2. The van der Waals surface area contributed by atoms with Gasteiger partial charge in [-0.15, -0.1) is 0 Å². The molecule has 1 amide bonds. The Morgan fingerprint density at radius 1 is 1.26 bits per heavy atom. The van der Waals surface area contributed by atoms with Crippen LogP contribution in [-0.2, 0) is 22.1 Å². The molecular weight excluding hydrogens is 465 g/mol. The van der Waals surface area contributed by atoms with E-state index in [9.17, 15) is 18.0 Å². The van der Waals surface area contributed by atoms with Gasteiger partial charge in [0.2, 0.25) is 5.95 Å². The predicted octanol–water partition coefficient (Wildman–Crippen LogP) is 2.80. The first-order valence-corrected chi connectivity index (χ1v) is 11.8. The molecule has 35 heavy (non-hydrogen) atoms. The average Bonchev–Trinajstić information content (AvgIpc) is 3.30. The maximum atomic E-state index is 13.4. The minimum absolute atomic E-state index is 0.0620. The molecule has 1 atom stereocenters. The van der Waals surface area contributed by atoms with E-state index < -0.39 is 17.4 Å². The number of ether oxygens (including phenoxy) is 2. The van der Waals surface area contributed by atoms with Crippen LogP contribution in [0.3, 0.4) is 0 Å². The molecule has 2 aromatic rings. The predicted molar refractivity (Wildman–Crippen MR) is 120 cm³/mol. The van der Waals surface area contributed by atoms with Gasteiger partial charge in [0.1, 0.15) is 28.8 Å². The summed E-state index contributed by atoms with van der Waals surface area (Å²) in [5.41, 5.74) is -0.00182. The number of hydrogen-bond donors (Lipinski definition) is 1. The van der Waals surface area contributed by atoms with E-state index in [1.54, 1.807) is 0 Å². The Hall–Kier alpha value is -3.15. The second kappa shape index (κ2) is 7.94. The van der Waals surface area contributed by atoms with Gasteiger partial charge in [0.15, 0.2) is 5.82 Å². The standard InChI is InChI=1S/C23H25F3N6O3/c1-31-19-18-16(3-2-7-32(18)20(33)22(31)6-8-34-12-22)29-21(30-19)28-13-9-15(10-13)35-14-4-5-17(27-11-14)23(24,25)26/h4-5,11,13,15H,2-3,6-10,12H2,1H3,(H,28,29,30). The maximum absolute atomic E-state index is 13.4. The van der Waals surface area contributed by atoms with Crippen molar-refractivity contribution in [2.24, 2.45) is 0 Å². The Labute approximate surface area is 199 Å². The first-order valence-electron chi connectivity index (χ1n) is 11.8. The Morgan fingerprint density at radius 2 is 2.09 bits per heavy atom. The molecule has 4 aliphatic rings. The Kier molecular flexibility index (Phi) is 5.06. The van der Waals surface area contributed by atoms with Crippen LogP contribution >= 0.6 is 0 Å². The van der Waals surface area contributed by atoms with E-state index in [0.29, 0.717) is 50.7 Å². The van der Waals surface area contributed by atoms with Gasteiger partial charge in [-0.1, -0.05) is 0 Å². The third-order valence-corrected chi connectivity index (χ3v) is 7.36. The van der Waals surface area contributed by atoms with E-state index >= 15 is 0 Å². The lowest BCUT2D eigenvalue weighted by molar-refractivity contribution is -0.141. The summed E-state index contributed by atoms with van der Waals surface area (Å²) in [7, 11) is 1.90. The summed E-state index contributed by atoms with van der Waals surface area (Å²) in [4.78, 5) is 30.1. The molecule has 1 aliphatic carbocycles. The largest absolute Gasteiger partial charge is 0.489 e. The van der Waals surface area contributed by atoms with Crippen LogP contribution in [0.15, 0.2) is 18.3 Å². The number of aromatic nitrogens is 3. The lowest BCUT2D eigenvalue weighted by Crippen LogP contribution is -2.64. The highest BCUT2D eigenvalue weighted by atomic mass is 19.4. The van der Waals surface area contributed by atoms with Crippen molar-refractivity contribution in [2.75, 3.05) is 41.9 Å². The van der Waals surface area contributed by atoms with Crippen molar-refractivity contribution in [1.82, 2.24) is 15.0 Å². The molecule has 12 heteroatoms. The van der Waals surface area contributed by atoms with Crippen LogP contribution in [0.2, 0.25) is 0 Å². The molecule has 2 aromatic heterocycles. The molecule has 1 unspecified atom stereocenters. The minimum Gasteiger partial charge on any atom is -0.489 e. The summed E-state index contributed by atoms with van der Waals surface area (Å²) in [5, 5.41) is 3.37. The molecule has 1 saturated heterocycles. The number of amides is 1. The summed E-state index contributed by atoms with van der Waals surface area (Å²) in [6.45, 7) is 1.55. The van der Waals surface area contributed by atoms with E-state index in [1.807, 2.05) is 16.8 Å². The minimum atomic E-state index is -4.47. The van der Waals surface area contributed by atoms with Gasteiger partial charge in [-0.05, 0) is 25.0 Å². The van der Waals surface area contributed by atoms with E-state index in [4.69, 9.17) is 19.4 Å². The highest BCUT2D eigenvalue weighted by Gasteiger charge is 2.54. The van der Waals surface area contributed by atoms with Crippen molar-refractivity contribution in [3.63, 3.8) is 0 Å². The number of carbonyl (C=O) groups is 1. The van der Waals surface area contributed by atoms with Gasteiger partial charge in [-0.25, -0.2) is 9.97 Å².